The molecule has 110 valence electrons. The van der Waals surface area contributed by atoms with Gasteiger partial charge in [-0.3, -0.25) is 4.99 Å². The highest BCUT2D eigenvalue weighted by Crippen LogP contribution is 1.92. The summed E-state index contributed by atoms with van der Waals surface area (Å²) < 4.78 is 10.4. The summed E-state index contributed by atoms with van der Waals surface area (Å²) in [6, 6.07) is 0. The number of ether oxygens (including phenoxy) is 2. The fourth-order valence-electron chi connectivity index (χ4n) is 1.19. The van der Waals surface area contributed by atoms with Crippen LogP contribution in [-0.2, 0) is 9.47 Å². The van der Waals surface area contributed by atoms with Gasteiger partial charge in [0.2, 0.25) is 0 Å². The Labute approximate surface area is 128 Å². The molecule has 0 aliphatic rings. The molecule has 0 saturated heterocycles. The molecule has 0 atom stereocenters. The Kier molecular flexibility index (Phi) is 16.8. The quantitative estimate of drug-likeness (QED) is 0.278. The third-order valence-electron chi connectivity index (χ3n) is 2.03. The number of rotatable bonds is 9. The van der Waals surface area contributed by atoms with Crippen molar-refractivity contribution in [1.29, 1.82) is 0 Å². The smallest absolute Gasteiger partial charge is 0.191 e. The molecule has 0 spiro atoms. The molecular formula is C12H28IN3O2. The van der Waals surface area contributed by atoms with E-state index in [-0.39, 0.29) is 24.0 Å². The van der Waals surface area contributed by atoms with E-state index in [9.17, 15) is 0 Å². The zero-order valence-electron chi connectivity index (χ0n) is 12.0. The highest BCUT2D eigenvalue weighted by molar-refractivity contribution is 14.0. The molecule has 0 aliphatic heterocycles. The van der Waals surface area contributed by atoms with Crippen LogP contribution >= 0.6 is 24.0 Å². The van der Waals surface area contributed by atoms with Gasteiger partial charge >= 0.3 is 0 Å². The minimum atomic E-state index is 0. The number of hydrogen-bond donors (Lipinski definition) is 2. The van der Waals surface area contributed by atoms with Gasteiger partial charge in [-0.25, -0.2) is 0 Å². The summed E-state index contributed by atoms with van der Waals surface area (Å²) in [5, 5.41) is 6.37. The molecule has 0 fully saturated rings. The van der Waals surface area contributed by atoms with E-state index in [1.54, 1.807) is 14.2 Å². The van der Waals surface area contributed by atoms with Crippen LogP contribution in [0, 0.1) is 5.92 Å². The van der Waals surface area contributed by atoms with Crippen molar-refractivity contribution in [2.24, 2.45) is 10.9 Å². The van der Waals surface area contributed by atoms with E-state index in [4.69, 9.17) is 9.47 Å². The maximum Gasteiger partial charge on any atom is 0.191 e. The van der Waals surface area contributed by atoms with Crippen LogP contribution in [-0.4, -0.2) is 53.0 Å². The average Bonchev–Trinajstić information content (AvgIpc) is 2.31. The van der Waals surface area contributed by atoms with Crippen LogP contribution in [0.4, 0.5) is 0 Å². The molecule has 0 aliphatic carbocycles. The molecule has 6 heteroatoms. The summed E-state index contributed by atoms with van der Waals surface area (Å²) in [6.07, 6.45) is 0.984. The van der Waals surface area contributed by atoms with Crippen molar-refractivity contribution in [3.8, 4) is 0 Å². The van der Waals surface area contributed by atoms with Gasteiger partial charge in [0.15, 0.2) is 5.96 Å². The van der Waals surface area contributed by atoms with Crippen LogP contribution in [0.15, 0.2) is 4.99 Å². The second kappa shape index (κ2) is 15.0. The molecule has 0 saturated carbocycles. The fourth-order valence-corrected chi connectivity index (χ4v) is 1.19. The second-order valence-corrected chi connectivity index (χ2v) is 4.24. The van der Waals surface area contributed by atoms with E-state index in [2.05, 4.69) is 29.5 Å². The van der Waals surface area contributed by atoms with Crippen LogP contribution in [0.1, 0.15) is 20.3 Å². The van der Waals surface area contributed by atoms with Gasteiger partial charge in [0, 0.05) is 40.5 Å². The third-order valence-corrected chi connectivity index (χ3v) is 2.03. The van der Waals surface area contributed by atoms with Gasteiger partial charge in [-0.15, -0.1) is 24.0 Å². The zero-order valence-corrected chi connectivity index (χ0v) is 14.3. The van der Waals surface area contributed by atoms with Crippen LogP contribution in [0.3, 0.4) is 0 Å². The summed E-state index contributed by atoms with van der Waals surface area (Å²) in [7, 11) is 3.45. The molecule has 2 N–H and O–H groups in total. The first-order valence-electron chi connectivity index (χ1n) is 6.22. The lowest BCUT2D eigenvalue weighted by molar-refractivity contribution is 0.108. The Morgan fingerprint density at radius 3 is 2.39 bits per heavy atom. The van der Waals surface area contributed by atoms with Gasteiger partial charge in [-0.05, 0) is 12.3 Å². The highest BCUT2D eigenvalue weighted by atomic mass is 127. The molecule has 0 aromatic heterocycles. The van der Waals surface area contributed by atoms with Gasteiger partial charge in [-0.2, -0.15) is 0 Å². The Morgan fingerprint density at radius 2 is 1.83 bits per heavy atom. The van der Waals surface area contributed by atoms with Crippen LogP contribution in [0.25, 0.3) is 0 Å². The maximum atomic E-state index is 5.49. The van der Waals surface area contributed by atoms with Gasteiger partial charge in [-0.1, -0.05) is 13.8 Å². The summed E-state index contributed by atoms with van der Waals surface area (Å²) in [5.74, 6) is 1.41. The minimum absolute atomic E-state index is 0. The predicted molar refractivity (Wildman–Crippen MR) is 86.9 cm³/mol. The predicted octanol–water partition coefficient (Wildman–Crippen LogP) is 1.48. The number of aliphatic imine (C=N–C) groups is 1. The topological polar surface area (TPSA) is 54.9 Å². The molecular weight excluding hydrogens is 345 g/mol. The van der Waals surface area contributed by atoms with Gasteiger partial charge in [0.25, 0.3) is 0 Å². The number of nitrogens with zero attached hydrogens (tertiary/aromatic N) is 1. The molecule has 5 nitrogen and oxygen atoms in total. The molecule has 0 aromatic carbocycles. The minimum Gasteiger partial charge on any atom is -0.383 e. The van der Waals surface area contributed by atoms with Crippen molar-refractivity contribution in [2.75, 3.05) is 47.1 Å². The SMILES string of the molecule is CN=C(NCCCOCC(C)C)NCCOC.I. The van der Waals surface area contributed by atoms with Crippen molar-refractivity contribution in [1.82, 2.24) is 10.6 Å². The summed E-state index contributed by atoms with van der Waals surface area (Å²) in [5.41, 5.74) is 0. The largest absolute Gasteiger partial charge is 0.383 e. The fraction of sp³-hybridized carbons (Fsp3) is 0.917. The Balaban J connectivity index is 0. The van der Waals surface area contributed by atoms with Crippen molar-refractivity contribution < 1.29 is 9.47 Å². The van der Waals surface area contributed by atoms with Gasteiger partial charge < -0.3 is 20.1 Å². The Hall–Kier alpha value is -0.0800. The lowest BCUT2D eigenvalue weighted by Gasteiger charge is -2.11. The van der Waals surface area contributed by atoms with Crippen molar-refractivity contribution in [3.05, 3.63) is 0 Å². The van der Waals surface area contributed by atoms with Crippen molar-refractivity contribution >= 4 is 29.9 Å². The van der Waals surface area contributed by atoms with Crippen molar-refractivity contribution in [3.63, 3.8) is 0 Å². The maximum absolute atomic E-state index is 5.49. The number of nitrogens with one attached hydrogen (secondary N) is 2. The van der Waals surface area contributed by atoms with Crippen LogP contribution in [0.5, 0.6) is 0 Å². The third kappa shape index (κ3) is 14.0. The summed E-state index contributed by atoms with van der Waals surface area (Å²) in [4.78, 5) is 4.10. The van der Waals surface area contributed by atoms with Crippen LogP contribution in [0.2, 0.25) is 0 Å². The number of methoxy groups -OCH3 is 1. The number of guanidine groups is 1. The van der Waals surface area contributed by atoms with E-state index in [1.165, 1.54) is 0 Å². The van der Waals surface area contributed by atoms with Crippen molar-refractivity contribution in [2.45, 2.75) is 20.3 Å². The van der Waals surface area contributed by atoms with Gasteiger partial charge in [0.05, 0.1) is 6.61 Å². The van der Waals surface area contributed by atoms with Crippen LogP contribution < -0.4 is 10.6 Å². The molecule has 0 aromatic rings. The molecule has 0 radical (unpaired) electrons. The Bertz CT molecular complexity index is 202. The monoisotopic (exact) mass is 373 g/mol. The molecule has 0 rings (SSSR count). The standard InChI is InChI=1S/C12H27N3O2.HI/c1-11(2)10-17-8-5-6-14-12(13-3)15-7-9-16-4;/h11H,5-10H2,1-4H3,(H2,13,14,15);1H. The summed E-state index contributed by atoms with van der Waals surface area (Å²) >= 11 is 0. The van der Waals surface area contributed by atoms with Gasteiger partial charge in [0.1, 0.15) is 0 Å². The average molecular weight is 373 g/mol. The molecule has 18 heavy (non-hydrogen) atoms. The Morgan fingerprint density at radius 1 is 1.17 bits per heavy atom. The first kappa shape index (κ1) is 20.2. The lowest BCUT2D eigenvalue weighted by Crippen LogP contribution is -2.39. The highest BCUT2D eigenvalue weighted by Gasteiger charge is 1.97. The van der Waals surface area contributed by atoms with E-state index in [0.29, 0.717) is 12.5 Å². The van der Waals surface area contributed by atoms with E-state index in [1.807, 2.05) is 0 Å². The summed E-state index contributed by atoms with van der Waals surface area (Å²) in [6.45, 7) is 8.24. The first-order chi connectivity index (χ1) is 8.20. The lowest BCUT2D eigenvalue weighted by atomic mass is 10.2. The zero-order chi connectivity index (χ0) is 12.9. The van der Waals surface area contributed by atoms with E-state index >= 15 is 0 Å². The normalized spacial score (nSPS) is 11.3. The second-order valence-electron chi connectivity index (χ2n) is 4.24. The molecule has 0 amide bonds. The number of halogens is 1. The van der Waals surface area contributed by atoms with E-state index < -0.39 is 0 Å². The molecule has 0 unspecified atom stereocenters. The first-order valence-corrected chi connectivity index (χ1v) is 6.22. The molecule has 0 bridgehead atoms. The molecule has 0 heterocycles. The number of hydrogen-bond acceptors (Lipinski definition) is 3. The van der Waals surface area contributed by atoms with E-state index in [0.717, 1.165) is 38.7 Å².